The van der Waals surface area contributed by atoms with Gasteiger partial charge in [-0.15, -0.1) is 0 Å². The molecule has 1 aromatic rings. The molecule has 0 saturated carbocycles. The van der Waals surface area contributed by atoms with Gasteiger partial charge in [0.05, 0.1) is 5.56 Å². The Hall–Kier alpha value is -1.67. The summed E-state index contributed by atoms with van der Waals surface area (Å²) in [5.41, 5.74) is -0.870. The zero-order valence-electron chi connectivity index (χ0n) is 11.4. The van der Waals surface area contributed by atoms with E-state index < -0.39 is 43.2 Å². The van der Waals surface area contributed by atoms with Gasteiger partial charge in [-0.25, -0.2) is 17.6 Å². The third-order valence-electron chi connectivity index (χ3n) is 2.79. The lowest BCUT2D eigenvalue weighted by molar-refractivity contribution is -0.127. The first-order valence-electron chi connectivity index (χ1n) is 5.67. The highest BCUT2D eigenvalue weighted by atomic mass is 35.5. The van der Waals surface area contributed by atoms with Crippen LogP contribution in [-0.2, 0) is 14.6 Å². The van der Waals surface area contributed by atoms with Crippen LogP contribution in [0, 0.1) is 5.82 Å². The van der Waals surface area contributed by atoms with Crippen molar-refractivity contribution in [2.24, 2.45) is 0 Å². The minimum Gasteiger partial charge on any atom is -0.478 e. The molecule has 0 saturated heterocycles. The van der Waals surface area contributed by atoms with Gasteiger partial charge in [-0.1, -0.05) is 11.6 Å². The van der Waals surface area contributed by atoms with Crippen molar-refractivity contribution in [3.63, 3.8) is 0 Å². The Bertz CT molecular complexity index is 702. The number of amides is 1. The Balaban J connectivity index is 3.53. The Kier molecular flexibility index (Phi) is 4.95. The molecule has 0 aromatic heterocycles. The summed E-state index contributed by atoms with van der Waals surface area (Å²) in [4.78, 5) is 22.8. The molecular formula is C12H13ClFNO5S. The number of halogens is 2. The summed E-state index contributed by atoms with van der Waals surface area (Å²) in [5.74, 6) is -3.85. The van der Waals surface area contributed by atoms with E-state index in [2.05, 4.69) is 0 Å². The molecule has 0 aliphatic heterocycles. The smallest absolute Gasteiger partial charge is 0.338 e. The van der Waals surface area contributed by atoms with Crippen LogP contribution in [0.5, 0.6) is 0 Å². The molecule has 0 fully saturated rings. The number of carbonyl (C=O) groups excluding carboxylic acids is 1. The number of nitrogens with zero attached hydrogens (tertiary/aromatic N) is 1. The maximum Gasteiger partial charge on any atom is 0.338 e. The number of hydrogen-bond donors (Lipinski definition) is 1. The van der Waals surface area contributed by atoms with E-state index in [0.29, 0.717) is 0 Å². The molecule has 21 heavy (non-hydrogen) atoms. The molecule has 116 valence electrons. The second kappa shape index (κ2) is 5.98. The van der Waals surface area contributed by atoms with Crippen molar-refractivity contribution < 1.29 is 27.5 Å². The summed E-state index contributed by atoms with van der Waals surface area (Å²) >= 11 is 5.63. The van der Waals surface area contributed by atoms with Crippen LogP contribution in [0.25, 0.3) is 0 Å². The molecule has 9 heteroatoms. The molecule has 0 bridgehead atoms. The number of carbonyl (C=O) groups is 2. The predicted octanol–water partition coefficient (Wildman–Crippen LogP) is 1.43. The van der Waals surface area contributed by atoms with Gasteiger partial charge in [-0.3, -0.25) is 4.79 Å². The highest BCUT2D eigenvalue weighted by Crippen LogP contribution is 2.27. The second-order valence-corrected chi connectivity index (χ2v) is 7.16. The third-order valence-corrected chi connectivity index (χ3v) is 5.06. The van der Waals surface area contributed by atoms with Crippen LogP contribution in [0.15, 0.2) is 17.0 Å². The van der Waals surface area contributed by atoms with Gasteiger partial charge in [0.15, 0.2) is 15.7 Å². The van der Waals surface area contributed by atoms with Crippen LogP contribution in [0.1, 0.15) is 17.3 Å². The van der Waals surface area contributed by atoms with Gasteiger partial charge in [-0.05, 0) is 19.1 Å². The van der Waals surface area contributed by atoms with E-state index in [9.17, 15) is 22.4 Å². The van der Waals surface area contributed by atoms with Gasteiger partial charge in [0.2, 0.25) is 5.91 Å². The van der Waals surface area contributed by atoms with Gasteiger partial charge in [0.1, 0.15) is 10.1 Å². The molecule has 1 aromatic carbocycles. The quantitative estimate of drug-likeness (QED) is 0.897. The van der Waals surface area contributed by atoms with E-state index in [0.717, 1.165) is 24.0 Å². The van der Waals surface area contributed by atoms with Crippen molar-refractivity contribution >= 4 is 33.3 Å². The summed E-state index contributed by atoms with van der Waals surface area (Å²) in [6.07, 6.45) is 0. The molecule has 1 rings (SSSR count). The number of sulfone groups is 1. The summed E-state index contributed by atoms with van der Waals surface area (Å²) in [6.45, 7) is 1.10. The van der Waals surface area contributed by atoms with Gasteiger partial charge in [-0.2, -0.15) is 0 Å². The van der Waals surface area contributed by atoms with Crippen molar-refractivity contribution in [2.75, 3.05) is 14.1 Å². The molecular weight excluding hydrogens is 325 g/mol. The monoisotopic (exact) mass is 337 g/mol. The summed E-state index contributed by atoms with van der Waals surface area (Å²) in [7, 11) is -1.70. The zero-order chi connectivity index (χ0) is 16.5. The van der Waals surface area contributed by atoms with E-state index in [1.54, 1.807) is 0 Å². The van der Waals surface area contributed by atoms with Gasteiger partial charge in [0.25, 0.3) is 0 Å². The second-order valence-electron chi connectivity index (χ2n) is 4.49. The summed E-state index contributed by atoms with van der Waals surface area (Å²) in [6, 6.07) is 1.59. The standard InChI is InChI=1S/C12H13ClFNO5S/c1-6(11(16)15(2)3)21(19,20)9-5-7(13)4-8(10(9)14)12(17)18/h4-6H,1-3H3,(H,17,18). The SMILES string of the molecule is CC(C(=O)N(C)C)S(=O)(=O)c1cc(Cl)cc(C(=O)O)c1F. The molecule has 1 N–H and O–H groups in total. The van der Waals surface area contributed by atoms with Crippen LogP contribution in [0.3, 0.4) is 0 Å². The van der Waals surface area contributed by atoms with Crippen LogP contribution < -0.4 is 0 Å². The zero-order valence-corrected chi connectivity index (χ0v) is 13.0. The number of carboxylic acids is 1. The van der Waals surface area contributed by atoms with Crippen LogP contribution in [0.4, 0.5) is 4.39 Å². The number of carboxylic acid groups (broad SMARTS) is 1. The van der Waals surface area contributed by atoms with Crippen molar-refractivity contribution in [1.29, 1.82) is 0 Å². The maximum absolute atomic E-state index is 14.1. The molecule has 0 heterocycles. The fourth-order valence-corrected chi connectivity index (χ4v) is 3.40. The predicted molar refractivity (Wildman–Crippen MR) is 73.7 cm³/mol. The average molecular weight is 338 g/mol. The molecule has 6 nitrogen and oxygen atoms in total. The maximum atomic E-state index is 14.1. The minimum atomic E-state index is -4.41. The van der Waals surface area contributed by atoms with Gasteiger partial charge in [0, 0.05) is 19.1 Å². The molecule has 0 aliphatic carbocycles. The number of hydrogen-bond acceptors (Lipinski definition) is 4. The van der Waals surface area contributed by atoms with Crippen LogP contribution in [-0.4, -0.2) is 49.6 Å². The van der Waals surface area contributed by atoms with Crippen molar-refractivity contribution in [3.8, 4) is 0 Å². The first-order valence-corrected chi connectivity index (χ1v) is 7.60. The topological polar surface area (TPSA) is 91.8 Å². The fraction of sp³-hybridized carbons (Fsp3) is 0.333. The van der Waals surface area contributed by atoms with Crippen molar-refractivity contribution in [1.82, 2.24) is 4.90 Å². The normalized spacial score (nSPS) is 12.8. The molecule has 1 unspecified atom stereocenters. The largest absolute Gasteiger partial charge is 0.478 e. The van der Waals surface area contributed by atoms with Crippen LogP contribution >= 0.6 is 11.6 Å². The molecule has 1 atom stereocenters. The minimum absolute atomic E-state index is 0.253. The lowest BCUT2D eigenvalue weighted by atomic mass is 10.2. The summed E-state index contributed by atoms with van der Waals surface area (Å²) < 4.78 is 38.7. The van der Waals surface area contributed by atoms with Crippen LogP contribution in [0.2, 0.25) is 5.02 Å². The Labute approximate surface area is 126 Å². The number of rotatable bonds is 4. The molecule has 0 spiro atoms. The summed E-state index contributed by atoms with van der Waals surface area (Å²) in [5, 5.41) is 7.03. The van der Waals surface area contributed by atoms with E-state index in [1.807, 2.05) is 0 Å². The van der Waals surface area contributed by atoms with E-state index in [1.165, 1.54) is 14.1 Å². The first-order chi connectivity index (χ1) is 9.50. The van der Waals surface area contributed by atoms with E-state index in [4.69, 9.17) is 16.7 Å². The average Bonchev–Trinajstić information content (AvgIpc) is 2.38. The molecule has 0 aliphatic rings. The Morgan fingerprint density at radius 1 is 1.33 bits per heavy atom. The first kappa shape index (κ1) is 17.4. The molecule has 1 amide bonds. The van der Waals surface area contributed by atoms with E-state index in [-0.39, 0.29) is 5.02 Å². The number of aromatic carboxylic acids is 1. The highest BCUT2D eigenvalue weighted by molar-refractivity contribution is 7.92. The lowest BCUT2D eigenvalue weighted by Gasteiger charge is -2.18. The fourth-order valence-electron chi connectivity index (χ4n) is 1.61. The van der Waals surface area contributed by atoms with Crippen molar-refractivity contribution in [3.05, 3.63) is 28.5 Å². The molecule has 0 radical (unpaired) electrons. The highest BCUT2D eigenvalue weighted by Gasteiger charge is 2.34. The van der Waals surface area contributed by atoms with Gasteiger partial charge >= 0.3 is 5.97 Å². The lowest BCUT2D eigenvalue weighted by Crippen LogP contribution is -2.37. The van der Waals surface area contributed by atoms with Gasteiger partial charge < -0.3 is 10.0 Å². The van der Waals surface area contributed by atoms with E-state index >= 15 is 0 Å². The van der Waals surface area contributed by atoms with Crippen molar-refractivity contribution in [2.45, 2.75) is 17.1 Å². The third kappa shape index (κ3) is 3.33. The number of benzene rings is 1. The Morgan fingerprint density at radius 2 is 1.86 bits per heavy atom. The Morgan fingerprint density at radius 3 is 2.29 bits per heavy atom.